The number of benzene rings is 1. The van der Waals surface area contributed by atoms with Crippen LogP contribution in [0.4, 0.5) is 0 Å². The highest BCUT2D eigenvalue weighted by atomic mass is 79.9. The van der Waals surface area contributed by atoms with Crippen LogP contribution in [-0.4, -0.2) is 25.0 Å². The largest absolute Gasteiger partial charge is 0.377 e. The van der Waals surface area contributed by atoms with Crippen molar-refractivity contribution in [3.05, 3.63) is 28.2 Å². The topological polar surface area (TPSA) is 21.3 Å². The maximum Gasteiger partial charge on any atom is 0.0669 e. The van der Waals surface area contributed by atoms with Gasteiger partial charge in [0.15, 0.2) is 0 Å². The van der Waals surface area contributed by atoms with Gasteiger partial charge in [-0.15, -0.1) is 11.8 Å². The average molecular weight is 344 g/mol. The lowest BCUT2D eigenvalue weighted by Crippen LogP contribution is -2.18. The van der Waals surface area contributed by atoms with Crippen molar-refractivity contribution in [2.24, 2.45) is 0 Å². The maximum absolute atomic E-state index is 5.66. The predicted molar refractivity (Wildman–Crippen MR) is 85.9 cm³/mol. The molecular formula is C15H22BrNOS. The molecule has 2 atom stereocenters. The first-order valence-electron chi connectivity index (χ1n) is 6.98. The molecule has 2 nitrogen and oxygen atoms in total. The molecule has 1 aliphatic heterocycles. The Bertz CT molecular complexity index is 407. The van der Waals surface area contributed by atoms with E-state index >= 15 is 0 Å². The summed E-state index contributed by atoms with van der Waals surface area (Å²) in [5, 5.41) is 3.44. The summed E-state index contributed by atoms with van der Waals surface area (Å²) in [6.45, 7) is 6.26. The standard InChI is InChI=1S/C15H22BrNOS/c1-3-17-11(2)14-7-6-13(9-15(14)16)19-10-12-5-4-8-18-12/h6-7,9,11-12,17H,3-5,8,10H2,1-2H3. The number of nitrogens with one attached hydrogen (secondary N) is 1. The Balaban J connectivity index is 1.93. The van der Waals surface area contributed by atoms with Gasteiger partial charge in [-0.3, -0.25) is 0 Å². The van der Waals surface area contributed by atoms with Gasteiger partial charge in [-0.2, -0.15) is 0 Å². The summed E-state index contributed by atoms with van der Waals surface area (Å²) >= 11 is 5.58. The lowest BCUT2D eigenvalue weighted by atomic mass is 10.1. The van der Waals surface area contributed by atoms with E-state index in [1.165, 1.54) is 27.8 Å². The molecule has 0 aromatic heterocycles. The van der Waals surface area contributed by atoms with Crippen LogP contribution < -0.4 is 5.32 Å². The molecule has 1 fully saturated rings. The van der Waals surface area contributed by atoms with E-state index in [1.54, 1.807) is 0 Å². The van der Waals surface area contributed by atoms with Crippen LogP contribution in [0.2, 0.25) is 0 Å². The molecule has 106 valence electrons. The van der Waals surface area contributed by atoms with E-state index in [-0.39, 0.29) is 0 Å². The number of rotatable bonds is 6. The fraction of sp³-hybridized carbons (Fsp3) is 0.600. The van der Waals surface area contributed by atoms with Gasteiger partial charge in [0.1, 0.15) is 0 Å². The minimum atomic E-state index is 0.386. The molecule has 0 saturated carbocycles. The normalized spacial score (nSPS) is 20.7. The summed E-state index contributed by atoms with van der Waals surface area (Å²) in [5.41, 5.74) is 1.32. The highest BCUT2D eigenvalue weighted by molar-refractivity contribution is 9.10. The van der Waals surface area contributed by atoms with Crippen LogP contribution in [0.25, 0.3) is 0 Å². The van der Waals surface area contributed by atoms with Gasteiger partial charge in [-0.05, 0) is 44.0 Å². The molecule has 0 radical (unpaired) electrons. The highest BCUT2D eigenvalue weighted by Crippen LogP contribution is 2.30. The van der Waals surface area contributed by atoms with Crippen LogP contribution >= 0.6 is 27.7 Å². The van der Waals surface area contributed by atoms with Gasteiger partial charge in [0, 0.05) is 27.8 Å². The van der Waals surface area contributed by atoms with E-state index in [0.29, 0.717) is 12.1 Å². The van der Waals surface area contributed by atoms with Gasteiger partial charge in [-0.25, -0.2) is 0 Å². The molecule has 0 amide bonds. The Morgan fingerprint density at radius 1 is 1.53 bits per heavy atom. The lowest BCUT2D eigenvalue weighted by Gasteiger charge is -2.16. The summed E-state index contributed by atoms with van der Waals surface area (Å²) in [6.07, 6.45) is 2.88. The monoisotopic (exact) mass is 343 g/mol. The van der Waals surface area contributed by atoms with Crippen molar-refractivity contribution in [1.82, 2.24) is 5.32 Å². The average Bonchev–Trinajstić information content (AvgIpc) is 2.89. The minimum Gasteiger partial charge on any atom is -0.377 e. The van der Waals surface area contributed by atoms with Gasteiger partial charge in [-0.1, -0.05) is 28.9 Å². The van der Waals surface area contributed by atoms with Gasteiger partial charge in [0.25, 0.3) is 0 Å². The van der Waals surface area contributed by atoms with Crippen molar-refractivity contribution in [2.45, 2.75) is 43.7 Å². The Morgan fingerprint density at radius 2 is 2.37 bits per heavy atom. The molecule has 2 unspecified atom stereocenters. The van der Waals surface area contributed by atoms with E-state index < -0.39 is 0 Å². The van der Waals surface area contributed by atoms with E-state index in [1.807, 2.05) is 11.8 Å². The molecule has 1 aliphatic rings. The first-order valence-corrected chi connectivity index (χ1v) is 8.75. The van der Waals surface area contributed by atoms with Crippen LogP contribution in [0.3, 0.4) is 0 Å². The Morgan fingerprint density at radius 3 is 3.00 bits per heavy atom. The number of ether oxygens (including phenoxy) is 1. The molecule has 0 aliphatic carbocycles. The third-order valence-electron chi connectivity index (χ3n) is 3.41. The van der Waals surface area contributed by atoms with Crippen LogP contribution in [0.1, 0.15) is 38.3 Å². The van der Waals surface area contributed by atoms with Gasteiger partial charge >= 0.3 is 0 Å². The predicted octanol–water partition coefficient (Wildman–Crippen LogP) is 4.39. The van der Waals surface area contributed by atoms with Crippen molar-refractivity contribution in [3.63, 3.8) is 0 Å². The smallest absolute Gasteiger partial charge is 0.0669 e. The fourth-order valence-electron chi connectivity index (χ4n) is 2.33. The molecule has 0 bridgehead atoms. The zero-order valence-electron chi connectivity index (χ0n) is 11.6. The van der Waals surface area contributed by atoms with Crippen LogP contribution in [0, 0.1) is 0 Å². The third kappa shape index (κ3) is 4.48. The molecular weight excluding hydrogens is 322 g/mol. The molecule has 1 saturated heterocycles. The molecule has 1 N–H and O–H groups in total. The second-order valence-electron chi connectivity index (χ2n) is 4.91. The Kier molecular flexibility index (Phi) is 6.20. The Labute approximate surface area is 128 Å². The molecule has 0 spiro atoms. The molecule has 4 heteroatoms. The number of halogens is 1. The van der Waals surface area contributed by atoms with Gasteiger partial charge in [0.05, 0.1) is 6.10 Å². The first kappa shape index (κ1) is 15.4. The van der Waals surface area contributed by atoms with Crippen LogP contribution in [0.15, 0.2) is 27.6 Å². The second-order valence-corrected chi connectivity index (χ2v) is 6.86. The summed E-state index contributed by atoms with van der Waals surface area (Å²) in [7, 11) is 0. The van der Waals surface area contributed by atoms with Crippen molar-refractivity contribution in [2.75, 3.05) is 18.9 Å². The first-order chi connectivity index (χ1) is 9.20. The van der Waals surface area contributed by atoms with Gasteiger partial charge in [0.2, 0.25) is 0 Å². The number of thioether (sulfide) groups is 1. The quantitative estimate of drug-likeness (QED) is 0.774. The Hall–Kier alpha value is -0.0300. The van der Waals surface area contributed by atoms with Crippen molar-refractivity contribution in [1.29, 1.82) is 0 Å². The SMILES string of the molecule is CCNC(C)c1ccc(SCC2CCCO2)cc1Br. The molecule has 1 heterocycles. The van der Waals surface area contributed by atoms with Crippen molar-refractivity contribution < 1.29 is 4.74 Å². The molecule has 19 heavy (non-hydrogen) atoms. The van der Waals surface area contributed by atoms with Crippen molar-refractivity contribution in [3.8, 4) is 0 Å². The number of hydrogen-bond donors (Lipinski definition) is 1. The van der Waals surface area contributed by atoms with E-state index in [2.05, 4.69) is 53.3 Å². The summed E-state index contributed by atoms with van der Waals surface area (Å²) in [5.74, 6) is 1.06. The van der Waals surface area contributed by atoms with Crippen LogP contribution in [-0.2, 0) is 4.74 Å². The second kappa shape index (κ2) is 7.67. The van der Waals surface area contributed by atoms with Crippen molar-refractivity contribution >= 4 is 27.7 Å². The van der Waals surface area contributed by atoms with E-state index in [4.69, 9.17) is 4.74 Å². The summed E-state index contributed by atoms with van der Waals surface area (Å²) in [4.78, 5) is 1.31. The maximum atomic E-state index is 5.66. The highest BCUT2D eigenvalue weighted by Gasteiger charge is 2.16. The molecule has 2 rings (SSSR count). The summed E-state index contributed by atoms with van der Waals surface area (Å²) < 4.78 is 6.85. The number of hydrogen-bond acceptors (Lipinski definition) is 3. The van der Waals surface area contributed by atoms with E-state index in [9.17, 15) is 0 Å². The fourth-order valence-corrected chi connectivity index (χ4v) is 4.21. The summed E-state index contributed by atoms with van der Waals surface area (Å²) in [6, 6.07) is 7.04. The van der Waals surface area contributed by atoms with Crippen LogP contribution in [0.5, 0.6) is 0 Å². The molecule has 1 aromatic rings. The minimum absolute atomic E-state index is 0.386. The zero-order valence-corrected chi connectivity index (χ0v) is 14.0. The lowest BCUT2D eigenvalue weighted by molar-refractivity contribution is 0.129. The van der Waals surface area contributed by atoms with Gasteiger partial charge < -0.3 is 10.1 Å². The molecule has 1 aromatic carbocycles. The van der Waals surface area contributed by atoms with E-state index in [0.717, 1.165) is 18.9 Å². The third-order valence-corrected chi connectivity index (χ3v) is 5.22. The zero-order chi connectivity index (χ0) is 13.7.